The first-order valence-electron chi connectivity index (χ1n) is 6.97. The lowest BCUT2D eigenvalue weighted by atomic mass is 9.89. The fourth-order valence-corrected chi connectivity index (χ4v) is 2.80. The molecule has 2 aromatic rings. The average molecular weight is 282 g/mol. The predicted octanol–water partition coefficient (Wildman–Crippen LogP) is 2.08. The molecule has 3 rings (SSSR count). The summed E-state index contributed by atoms with van der Waals surface area (Å²) in [5, 5.41) is 16.7. The topological polar surface area (TPSA) is 62.9 Å². The largest absolute Gasteiger partial charge is 0.496 e. The SMILES string of the molecule is COc1c(C)cccc1-c1cnn(C2(CC#N)CNC2)c1. The summed E-state index contributed by atoms with van der Waals surface area (Å²) in [7, 11) is 1.68. The number of aryl methyl sites for hydroxylation is 1. The Morgan fingerprint density at radius 1 is 1.48 bits per heavy atom. The van der Waals surface area contributed by atoms with Gasteiger partial charge < -0.3 is 10.1 Å². The zero-order chi connectivity index (χ0) is 14.9. The summed E-state index contributed by atoms with van der Waals surface area (Å²) in [6.07, 6.45) is 4.32. The summed E-state index contributed by atoms with van der Waals surface area (Å²) in [6.45, 7) is 3.60. The standard InChI is InChI=1S/C16H18N4O/c1-12-4-3-5-14(15(12)21-2)13-8-19-20(9-13)16(6-7-17)10-18-11-16/h3-5,8-9,18H,6,10-11H2,1-2H3. The molecular formula is C16H18N4O. The normalized spacial score (nSPS) is 16.0. The van der Waals surface area contributed by atoms with Crippen molar-refractivity contribution >= 4 is 0 Å². The second-order valence-electron chi connectivity index (χ2n) is 5.49. The van der Waals surface area contributed by atoms with Gasteiger partial charge in [-0.2, -0.15) is 10.4 Å². The van der Waals surface area contributed by atoms with Crippen LogP contribution in [-0.2, 0) is 5.54 Å². The Labute approximate surface area is 124 Å². The molecule has 0 spiro atoms. The van der Waals surface area contributed by atoms with E-state index in [0.29, 0.717) is 6.42 Å². The molecule has 0 saturated carbocycles. The molecule has 21 heavy (non-hydrogen) atoms. The molecule has 5 nitrogen and oxygen atoms in total. The first-order chi connectivity index (χ1) is 10.2. The number of methoxy groups -OCH3 is 1. The number of nitriles is 1. The molecule has 0 atom stereocenters. The lowest BCUT2D eigenvalue weighted by molar-refractivity contribution is 0.160. The van der Waals surface area contributed by atoms with E-state index in [0.717, 1.165) is 35.5 Å². The van der Waals surface area contributed by atoms with Crippen molar-refractivity contribution < 1.29 is 4.74 Å². The van der Waals surface area contributed by atoms with E-state index in [9.17, 15) is 0 Å². The molecule has 0 unspecified atom stereocenters. The first-order valence-corrected chi connectivity index (χ1v) is 6.97. The van der Waals surface area contributed by atoms with Gasteiger partial charge in [0.25, 0.3) is 0 Å². The second-order valence-corrected chi connectivity index (χ2v) is 5.49. The van der Waals surface area contributed by atoms with Gasteiger partial charge in [-0.1, -0.05) is 18.2 Å². The Morgan fingerprint density at radius 2 is 2.29 bits per heavy atom. The van der Waals surface area contributed by atoms with Gasteiger partial charge in [-0.3, -0.25) is 4.68 Å². The van der Waals surface area contributed by atoms with Crippen LogP contribution in [0.4, 0.5) is 0 Å². The third kappa shape index (κ3) is 2.18. The molecule has 1 fully saturated rings. The molecule has 1 aliphatic rings. The summed E-state index contributed by atoms with van der Waals surface area (Å²) in [6, 6.07) is 8.34. The maximum atomic E-state index is 9.03. The molecule has 1 N–H and O–H groups in total. The molecule has 0 aliphatic carbocycles. The van der Waals surface area contributed by atoms with Gasteiger partial charge in [0.05, 0.1) is 25.8 Å². The molecule has 2 heterocycles. The Kier molecular flexibility index (Phi) is 3.40. The number of nitrogens with zero attached hydrogens (tertiary/aromatic N) is 3. The molecule has 5 heteroatoms. The fraction of sp³-hybridized carbons (Fsp3) is 0.375. The lowest BCUT2D eigenvalue weighted by Crippen LogP contribution is -2.60. The van der Waals surface area contributed by atoms with Gasteiger partial charge in [0.1, 0.15) is 11.3 Å². The van der Waals surface area contributed by atoms with E-state index in [-0.39, 0.29) is 5.54 Å². The van der Waals surface area contributed by atoms with Crippen LogP contribution in [0.1, 0.15) is 12.0 Å². The monoisotopic (exact) mass is 282 g/mol. The van der Waals surface area contributed by atoms with Crippen LogP contribution in [0.15, 0.2) is 30.6 Å². The van der Waals surface area contributed by atoms with Crippen molar-refractivity contribution in [3.63, 3.8) is 0 Å². The van der Waals surface area contributed by atoms with Gasteiger partial charge in [-0.15, -0.1) is 0 Å². The maximum Gasteiger partial charge on any atom is 0.129 e. The minimum atomic E-state index is -0.204. The summed E-state index contributed by atoms with van der Waals surface area (Å²) < 4.78 is 7.43. The third-order valence-corrected chi connectivity index (χ3v) is 4.11. The lowest BCUT2D eigenvalue weighted by Gasteiger charge is -2.41. The van der Waals surface area contributed by atoms with E-state index >= 15 is 0 Å². The van der Waals surface area contributed by atoms with Crippen molar-refractivity contribution in [3.8, 4) is 22.9 Å². The number of hydrogen-bond donors (Lipinski definition) is 1. The van der Waals surface area contributed by atoms with Gasteiger partial charge in [0, 0.05) is 30.4 Å². The molecule has 1 saturated heterocycles. The van der Waals surface area contributed by atoms with Crippen molar-refractivity contribution in [2.45, 2.75) is 18.9 Å². The molecule has 108 valence electrons. The van der Waals surface area contributed by atoms with Crippen LogP contribution in [0.3, 0.4) is 0 Å². The number of aromatic nitrogens is 2. The van der Waals surface area contributed by atoms with E-state index < -0.39 is 0 Å². The van der Waals surface area contributed by atoms with Crippen molar-refractivity contribution in [1.29, 1.82) is 5.26 Å². The Morgan fingerprint density at radius 3 is 2.90 bits per heavy atom. The van der Waals surface area contributed by atoms with Crippen LogP contribution < -0.4 is 10.1 Å². The van der Waals surface area contributed by atoms with Crippen LogP contribution >= 0.6 is 0 Å². The summed E-state index contributed by atoms with van der Waals surface area (Å²) in [4.78, 5) is 0. The highest BCUT2D eigenvalue weighted by Gasteiger charge is 2.39. The second kappa shape index (κ2) is 5.23. The molecular weight excluding hydrogens is 264 g/mol. The first kappa shape index (κ1) is 13.7. The number of nitrogens with one attached hydrogen (secondary N) is 1. The smallest absolute Gasteiger partial charge is 0.129 e. The Balaban J connectivity index is 2.00. The fourth-order valence-electron chi connectivity index (χ4n) is 2.80. The van der Waals surface area contributed by atoms with E-state index in [2.05, 4.69) is 16.5 Å². The highest BCUT2D eigenvalue weighted by atomic mass is 16.5. The van der Waals surface area contributed by atoms with Gasteiger partial charge in [-0.05, 0) is 12.5 Å². The van der Waals surface area contributed by atoms with E-state index in [1.54, 1.807) is 7.11 Å². The Hall–Kier alpha value is -2.32. The van der Waals surface area contributed by atoms with Gasteiger partial charge in [-0.25, -0.2) is 0 Å². The van der Waals surface area contributed by atoms with Crippen molar-refractivity contribution in [2.75, 3.05) is 20.2 Å². The maximum absolute atomic E-state index is 9.03. The zero-order valence-electron chi connectivity index (χ0n) is 12.3. The number of rotatable bonds is 4. The van der Waals surface area contributed by atoms with Crippen LogP contribution in [0.5, 0.6) is 5.75 Å². The molecule has 0 amide bonds. The summed E-state index contributed by atoms with van der Waals surface area (Å²) >= 11 is 0. The van der Waals surface area contributed by atoms with E-state index in [1.165, 1.54) is 0 Å². The number of benzene rings is 1. The summed E-state index contributed by atoms with van der Waals surface area (Å²) in [5.74, 6) is 0.873. The molecule has 1 aromatic carbocycles. The third-order valence-electron chi connectivity index (χ3n) is 4.11. The molecule has 0 radical (unpaired) electrons. The van der Waals surface area contributed by atoms with E-state index in [1.807, 2.05) is 42.2 Å². The van der Waals surface area contributed by atoms with Crippen LogP contribution in [0, 0.1) is 18.3 Å². The average Bonchev–Trinajstić information content (AvgIpc) is 2.92. The zero-order valence-corrected chi connectivity index (χ0v) is 12.3. The Bertz CT molecular complexity index is 695. The highest BCUT2D eigenvalue weighted by molar-refractivity contribution is 5.71. The highest BCUT2D eigenvalue weighted by Crippen LogP contribution is 2.34. The van der Waals surface area contributed by atoms with Crippen LogP contribution in [-0.4, -0.2) is 30.0 Å². The van der Waals surface area contributed by atoms with Crippen molar-refractivity contribution in [3.05, 3.63) is 36.2 Å². The minimum absolute atomic E-state index is 0.204. The number of hydrogen-bond acceptors (Lipinski definition) is 4. The predicted molar refractivity (Wildman–Crippen MR) is 80.0 cm³/mol. The molecule has 1 aliphatic heterocycles. The quantitative estimate of drug-likeness (QED) is 0.932. The van der Waals surface area contributed by atoms with Gasteiger partial charge in [0.15, 0.2) is 0 Å². The van der Waals surface area contributed by atoms with Crippen LogP contribution in [0.25, 0.3) is 11.1 Å². The number of ether oxygens (including phenoxy) is 1. The minimum Gasteiger partial charge on any atom is -0.496 e. The molecule has 0 bridgehead atoms. The summed E-state index contributed by atoms with van der Waals surface area (Å²) in [5.41, 5.74) is 2.94. The molecule has 1 aromatic heterocycles. The van der Waals surface area contributed by atoms with E-state index in [4.69, 9.17) is 10.00 Å². The number of para-hydroxylation sites is 1. The van der Waals surface area contributed by atoms with Gasteiger partial charge >= 0.3 is 0 Å². The van der Waals surface area contributed by atoms with Crippen molar-refractivity contribution in [2.24, 2.45) is 0 Å². The van der Waals surface area contributed by atoms with Crippen LogP contribution in [0.2, 0.25) is 0 Å². The van der Waals surface area contributed by atoms with Gasteiger partial charge in [0.2, 0.25) is 0 Å². The van der Waals surface area contributed by atoms with Crippen molar-refractivity contribution in [1.82, 2.24) is 15.1 Å².